The van der Waals surface area contributed by atoms with Gasteiger partial charge in [0.1, 0.15) is 6.04 Å². The van der Waals surface area contributed by atoms with E-state index in [2.05, 4.69) is 0 Å². The third-order valence-electron chi connectivity index (χ3n) is 7.97. The number of aliphatic hydroxyl groups excluding tert-OH is 1. The minimum absolute atomic E-state index is 0.141. The van der Waals surface area contributed by atoms with Gasteiger partial charge in [-0.1, -0.05) is 48.7 Å². The second-order valence-electron chi connectivity index (χ2n) is 10.4. The Morgan fingerprint density at radius 3 is 2.54 bits per heavy atom. The third kappa shape index (κ3) is 4.51. The predicted octanol–water partition coefficient (Wildman–Crippen LogP) is 3.99. The van der Waals surface area contributed by atoms with Crippen LogP contribution in [0.5, 0.6) is 0 Å². The van der Waals surface area contributed by atoms with E-state index in [-0.39, 0.29) is 31.0 Å². The average molecular weight is 545 g/mol. The van der Waals surface area contributed by atoms with E-state index in [9.17, 15) is 14.4 Å². The molecule has 7 nitrogen and oxygen atoms in total. The van der Waals surface area contributed by atoms with Gasteiger partial charge in [-0.3, -0.25) is 14.4 Å². The highest BCUT2D eigenvalue weighted by Gasteiger charge is 2.73. The first-order valence-corrected chi connectivity index (χ1v) is 14.2. The number of esters is 1. The van der Waals surface area contributed by atoms with Gasteiger partial charge in [-0.2, -0.15) is 0 Å². The zero-order valence-electron chi connectivity index (χ0n) is 21.0. The van der Waals surface area contributed by atoms with Gasteiger partial charge in [-0.05, 0) is 50.5 Å². The first kappa shape index (κ1) is 26.3. The topological polar surface area (TPSA) is 87.1 Å². The van der Waals surface area contributed by atoms with Crippen molar-refractivity contribution in [2.24, 2.45) is 11.8 Å². The van der Waals surface area contributed by atoms with Gasteiger partial charge in [0.15, 0.2) is 0 Å². The van der Waals surface area contributed by atoms with Gasteiger partial charge in [-0.25, -0.2) is 0 Å². The zero-order chi connectivity index (χ0) is 26.2. The van der Waals surface area contributed by atoms with Crippen LogP contribution >= 0.6 is 23.4 Å². The molecule has 2 amide bonds. The number of rotatable bonds is 7. The quantitative estimate of drug-likeness (QED) is 0.317. The highest BCUT2D eigenvalue weighted by atomic mass is 35.5. The van der Waals surface area contributed by atoms with Crippen molar-refractivity contribution in [3.63, 3.8) is 0 Å². The fraction of sp³-hybridized carbons (Fsp3) is 0.536. The molecule has 4 aliphatic heterocycles. The van der Waals surface area contributed by atoms with Crippen LogP contribution in [-0.2, 0) is 19.1 Å². The van der Waals surface area contributed by atoms with Crippen LogP contribution in [0.15, 0.2) is 48.6 Å². The summed E-state index contributed by atoms with van der Waals surface area (Å²) in [5.41, 5.74) is 0.717. The van der Waals surface area contributed by atoms with Gasteiger partial charge in [0.05, 0.1) is 23.2 Å². The number of hydrogen-bond acceptors (Lipinski definition) is 6. The molecule has 5 rings (SSSR count). The van der Waals surface area contributed by atoms with Gasteiger partial charge in [0, 0.05) is 35.2 Å². The lowest BCUT2D eigenvalue weighted by molar-refractivity contribution is -0.154. The fourth-order valence-electron chi connectivity index (χ4n) is 6.33. The van der Waals surface area contributed by atoms with Crippen molar-refractivity contribution < 1.29 is 24.2 Å². The Labute approximate surface area is 226 Å². The second kappa shape index (κ2) is 10.5. The molecule has 9 heteroatoms. The summed E-state index contributed by atoms with van der Waals surface area (Å²) in [6.45, 7) is 3.21. The molecule has 0 aliphatic carbocycles. The summed E-state index contributed by atoms with van der Waals surface area (Å²) in [5, 5.41) is 9.70. The number of benzene rings is 1. The maximum Gasteiger partial charge on any atom is 0.311 e. The number of hydrogen-bond donors (Lipinski definition) is 1. The van der Waals surface area contributed by atoms with E-state index in [1.54, 1.807) is 33.7 Å². The fourth-order valence-corrected chi connectivity index (χ4v) is 8.61. The highest BCUT2D eigenvalue weighted by Crippen LogP contribution is 2.65. The molecule has 37 heavy (non-hydrogen) atoms. The third-order valence-corrected chi connectivity index (χ3v) is 10.0. The van der Waals surface area contributed by atoms with Crippen LogP contribution < -0.4 is 4.90 Å². The smallest absolute Gasteiger partial charge is 0.311 e. The lowest BCUT2D eigenvalue weighted by atomic mass is 9.74. The molecule has 5 atom stereocenters. The number of ether oxygens (including phenoxy) is 1. The van der Waals surface area contributed by atoms with Crippen LogP contribution in [0.25, 0.3) is 0 Å². The number of likely N-dealkylation sites (tertiary alicyclic amines) is 1. The van der Waals surface area contributed by atoms with Crippen molar-refractivity contribution >= 4 is 46.8 Å². The van der Waals surface area contributed by atoms with E-state index in [1.807, 2.05) is 43.4 Å². The summed E-state index contributed by atoms with van der Waals surface area (Å²) in [4.78, 5) is 45.3. The van der Waals surface area contributed by atoms with Crippen molar-refractivity contribution in [3.8, 4) is 0 Å². The van der Waals surface area contributed by atoms with E-state index in [4.69, 9.17) is 21.4 Å². The number of carbonyl (C=O) groups is 3. The van der Waals surface area contributed by atoms with Gasteiger partial charge >= 0.3 is 5.97 Å². The molecule has 1 aromatic carbocycles. The molecule has 198 valence electrons. The van der Waals surface area contributed by atoms with Crippen LogP contribution in [0.2, 0.25) is 5.02 Å². The van der Waals surface area contributed by atoms with Crippen molar-refractivity contribution in [2.45, 2.75) is 54.6 Å². The van der Waals surface area contributed by atoms with Gasteiger partial charge in [-0.15, -0.1) is 11.8 Å². The summed E-state index contributed by atoms with van der Waals surface area (Å²) in [5.74, 6) is -2.04. The van der Waals surface area contributed by atoms with Crippen LogP contribution in [0, 0.1) is 11.8 Å². The van der Waals surface area contributed by atoms with E-state index in [1.165, 1.54) is 0 Å². The lowest BCUT2D eigenvalue weighted by Gasteiger charge is -2.37. The molecule has 0 aromatic heterocycles. The van der Waals surface area contributed by atoms with Crippen molar-refractivity contribution in [1.29, 1.82) is 0 Å². The summed E-state index contributed by atoms with van der Waals surface area (Å²) < 4.78 is 4.04. The minimum Gasteiger partial charge on any atom is -0.465 e. The Morgan fingerprint density at radius 2 is 1.78 bits per heavy atom. The summed E-state index contributed by atoms with van der Waals surface area (Å²) in [7, 11) is 0. The molecular formula is C28H33ClN2O5S. The number of fused-ring (bicyclic) bond motifs is 2. The Hall–Kier alpha value is -2.29. The molecule has 4 aliphatic rings. The molecule has 1 aromatic rings. The average Bonchev–Trinajstić information content (AvgIpc) is 3.18. The molecule has 1 unspecified atom stereocenters. The zero-order valence-corrected chi connectivity index (χ0v) is 22.5. The monoisotopic (exact) mass is 544 g/mol. The molecule has 2 saturated heterocycles. The number of unbranched alkanes of at least 4 members (excludes halogenated alkanes) is 3. The first-order chi connectivity index (χ1) is 17.8. The maximum atomic E-state index is 14.3. The molecule has 0 saturated carbocycles. The lowest BCUT2D eigenvalue weighted by Crippen LogP contribution is -2.53. The number of cyclic esters (lactones) is 1. The minimum atomic E-state index is -0.881. The Kier molecular flexibility index (Phi) is 7.44. The maximum absolute atomic E-state index is 14.3. The Morgan fingerprint density at radius 1 is 1.03 bits per heavy atom. The number of nitrogens with zero attached hydrogens (tertiary/aromatic N) is 2. The van der Waals surface area contributed by atoms with Crippen LogP contribution in [0.1, 0.15) is 39.0 Å². The molecule has 1 N–H and O–H groups in total. The first-order valence-electron chi connectivity index (χ1n) is 13.0. The number of carbonyl (C=O) groups excluding carboxylic acids is 3. The molecule has 4 heterocycles. The summed E-state index contributed by atoms with van der Waals surface area (Å²) in [6, 6.07) is 6.40. The summed E-state index contributed by atoms with van der Waals surface area (Å²) >= 11 is 7.66. The number of thioether (sulfide) groups is 1. The van der Waals surface area contributed by atoms with E-state index >= 15 is 0 Å². The van der Waals surface area contributed by atoms with E-state index in [0.29, 0.717) is 31.0 Å². The number of halogens is 1. The Bertz CT molecular complexity index is 1120. The van der Waals surface area contributed by atoms with Gasteiger partial charge < -0.3 is 19.6 Å². The van der Waals surface area contributed by atoms with Crippen LogP contribution in [0.4, 0.5) is 5.69 Å². The van der Waals surface area contributed by atoms with E-state index < -0.39 is 27.4 Å². The van der Waals surface area contributed by atoms with Crippen molar-refractivity contribution in [2.75, 3.05) is 31.2 Å². The normalized spacial score (nSPS) is 32.9. The molecule has 0 bridgehead atoms. The number of aliphatic hydroxyl groups is 1. The SMILES string of the molecule is C[C@]12C=CCCOC(=O)[C@H]1[C@H]1C(=O)N(CCCCCCO)C3C(=O)N(c4ccc(Cl)cc4)CC=C[C@@]31S2. The molecule has 2 fully saturated rings. The standard InChI is InChI=1S/C28H33ClN2O5S/c1-27-13-4-7-18-36-26(35)22(27)21-24(33)31(15-5-2-3-6-17-32)23-25(34)30(16-8-14-28(21,23)37-27)20-11-9-19(29)10-12-20/h4,8-14,21-23,32H,2-3,5-7,15-18H2,1H3/t21-,22+,23?,27-,28-/m0/s1. The predicted molar refractivity (Wildman–Crippen MR) is 144 cm³/mol. The largest absolute Gasteiger partial charge is 0.465 e. The van der Waals surface area contributed by atoms with Gasteiger partial charge in [0.25, 0.3) is 5.91 Å². The highest BCUT2D eigenvalue weighted by molar-refractivity contribution is 8.02. The van der Waals surface area contributed by atoms with Crippen LogP contribution in [0.3, 0.4) is 0 Å². The van der Waals surface area contributed by atoms with Crippen molar-refractivity contribution in [3.05, 3.63) is 53.6 Å². The second-order valence-corrected chi connectivity index (χ2v) is 12.6. The molecule has 0 radical (unpaired) electrons. The summed E-state index contributed by atoms with van der Waals surface area (Å²) in [6.07, 6.45) is 11.8. The van der Waals surface area contributed by atoms with Crippen LogP contribution in [-0.4, -0.2) is 69.6 Å². The molecular weight excluding hydrogens is 512 g/mol. The molecule has 1 spiro atoms. The van der Waals surface area contributed by atoms with E-state index in [0.717, 1.165) is 24.9 Å². The Balaban J connectivity index is 1.56. The van der Waals surface area contributed by atoms with Gasteiger partial charge in [0.2, 0.25) is 5.91 Å². The number of anilines is 1. The number of amides is 2. The van der Waals surface area contributed by atoms with Crippen molar-refractivity contribution in [1.82, 2.24) is 4.90 Å².